The van der Waals surface area contributed by atoms with Gasteiger partial charge in [-0.25, -0.2) is 4.79 Å². The molecule has 0 N–H and O–H groups in total. The van der Waals surface area contributed by atoms with Crippen LogP contribution in [-0.2, 0) is 5.75 Å². The molecule has 0 fully saturated rings. The number of pyridine rings is 1. The molecule has 0 saturated carbocycles. The van der Waals surface area contributed by atoms with E-state index in [9.17, 15) is 10.0 Å². The van der Waals surface area contributed by atoms with E-state index >= 15 is 0 Å². The van der Waals surface area contributed by atoms with Crippen LogP contribution >= 0.6 is 11.8 Å². The van der Waals surface area contributed by atoms with Gasteiger partial charge in [0.1, 0.15) is 5.58 Å². The van der Waals surface area contributed by atoms with Crippen molar-refractivity contribution < 1.29 is 9.15 Å². The van der Waals surface area contributed by atoms with Gasteiger partial charge in [-0.1, -0.05) is 25.6 Å². The fraction of sp³-hybridized carbons (Fsp3) is 0.263. The number of hydrogen-bond donors (Lipinski definition) is 0. The highest BCUT2D eigenvalue weighted by atomic mass is 32.2. The van der Waals surface area contributed by atoms with Gasteiger partial charge in [0.25, 0.3) is 5.03 Å². The van der Waals surface area contributed by atoms with Crippen LogP contribution in [0.4, 0.5) is 0 Å². The van der Waals surface area contributed by atoms with Crippen LogP contribution in [0.5, 0.6) is 0 Å². The summed E-state index contributed by atoms with van der Waals surface area (Å²) in [6.45, 7) is 6.32. The maximum atomic E-state index is 11.9. The number of fused-ring (bicyclic) bond motifs is 1. The minimum Gasteiger partial charge on any atom is -0.618 e. The van der Waals surface area contributed by atoms with Crippen molar-refractivity contribution in [2.45, 2.75) is 37.5 Å². The fourth-order valence-electron chi connectivity index (χ4n) is 2.81. The smallest absolute Gasteiger partial charge is 0.336 e. The van der Waals surface area contributed by atoms with Crippen LogP contribution < -0.4 is 10.4 Å². The maximum absolute atomic E-state index is 11.9. The third kappa shape index (κ3) is 3.31. The lowest BCUT2D eigenvalue weighted by Crippen LogP contribution is -2.27. The van der Waals surface area contributed by atoms with Gasteiger partial charge in [0.2, 0.25) is 0 Å². The lowest BCUT2D eigenvalue weighted by molar-refractivity contribution is -0.645. The number of aryl methyl sites for hydroxylation is 1. The van der Waals surface area contributed by atoms with Crippen molar-refractivity contribution in [1.29, 1.82) is 0 Å². The Labute approximate surface area is 144 Å². The fourth-order valence-corrected chi connectivity index (χ4v) is 3.71. The van der Waals surface area contributed by atoms with Gasteiger partial charge in [-0.05, 0) is 47.7 Å². The van der Waals surface area contributed by atoms with E-state index in [-0.39, 0.29) is 5.63 Å². The molecule has 0 unspecified atom stereocenters. The highest BCUT2D eigenvalue weighted by molar-refractivity contribution is 7.98. The summed E-state index contributed by atoms with van der Waals surface area (Å²) in [5.74, 6) is 0.925. The molecule has 5 heteroatoms. The topological polar surface area (TPSA) is 57.2 Å². The molecule has 0 radical (unpaired) electrons. The Hall–Kier alpha value is -2.27. The molecule has 3 rings (SSSR count). The zero-order valence-corrected chi connectivity index (χ0v) is 14.7. The molecule has 0 saturated heterocycles. The summed E-state index contributed by atoms with van der Waals surface area (Å²) in [4.78, 5) is 11.9. The molecule has 124 valence electrons. The Morgan fingerprint density at radius 1 is 1.25 bits per heavy atom. The molecule has 0 bridgehead atoms. The van der Waals surface area contributed by atoms with Crippen molar-refractivity contribution in [3.05, 3.63) is 74.9 Å². The normalized spacial score (nSPS) is 11.3. The van der Waals surface area contributed by atoms with Crippen molar-refractivity contribution in [1.82, 2.24) is 0 Å². The molecule has 3 aromatic rings. The van der Waals surface area contributed by atoms with E-state index in [0.29, 0.717) is 22.3 Å². The summed E-state index contributed by atoms with van der Waals surface area (Å²) in [7, 11) is 0. The lowest BCUT2D eigenvalue weighted by Gasteiger charge is -2.13. The summed E-state index contributed by atoms with van der Waals surface area (Å²) in [5.41, 5.74) is 3.48. The highest BCUT2D eigenvalue weighted by Gasteiger charge is 2.13. The Balaban J connectivity index is 2.04. The van der Waals surface area contributed by atoms with Crippen LogP contribution in [0.1, 0.15) is 36.5 Å². The first-order valence-corrected chi connectivity index (χ1v) is 8.82. The van der Waals surface area contributed by atoms with E-state index < -0.39 is 0 Å². The second-order valence-electron chi connectivity index (χ2n) is 6.10. The van der Waals surface area contributed by atoms with Crippen molar-refractivity contribution >= 4 is 22.7 Å². The predicted molar refractivity (Wildman–Crippen MR) is 96.3 cm³/mol. The molecule has 1 aromatic carbocycles. The minimum atomic E-state index is -0.363. The van der Waals surface area contributed by atoms with Crippen LogP contribution in [-0.4, -0.2) is 0 Å². The van der Waals surface area contributed by atoms with Crippen molar-refractivity contribution in [2.75, 3.05) is 0 Å². The summed E-state index contributed by atoms with van der Waals surface area (Å²) in [6.07, 6.45) is 1.47. The van der Waals surface area contributed by atoms with E-state index in [4.69, 9.17) is 4.42 Å². The number of benzene rings is 1. The number of rotatable bonds is 4. The standard InChI is InChI=1S/C19H19NO3S/c1-12(2)15-10-16-14(9-19(21)23-17(16)8-13(15)3)11-24-18-6-4-5-7-20(18)22/h4-10,12H,11H2,1-3H3. The van der Waals surface area contributed by atoms with Crippen molar-refractivity contribution in [3.63, 3.8) is 0 Å². The third-order valence-corrected chi connectivity index (χ3v) is 5.07. The molecule has 24 heavy (non-hydrogen) atoms. The van der Waals surface area contributed by atoms with Crippen LogP contribution in [0.25, 0.3) is 11.0 Å². The maximum Gasteiger partial charge on any atom is 0.336 e. The largest absolute Gasteiger partial charge is 0.618 e. The number of nitrogens with zero attached hydrogens (tertiary/aromatic N) is 1. The summed E-state index contributed by atoms with van der Waals surface area (Å²) in [5, 5.41) is 13.3. The zero-order valence-electron chi connectivity index (χ0n) is 13.9. The summed E-state index contributed by atoms with van der Waals surface area (Å²) in [6, 6.07) is 10.8. The zero-order chi connectivity index (χ0) is 17.3. The van der Waals surface area contributed by atoms with Gasteiger partial charge >= 0.3 is 5.63 Å². The van der Waals surface area contributed by atoms with Crippen LogP contribution in [0, 0.1) is 12.1 Å². The Bertz CT molecular complexity index is 947. The molecule has 2 aromatic heterocycles. The minimum absolute atomic E-state index is 0.363. The second kappa shape index (κ2) is 6.69. The average Bonchev–Trinajstić information content (AvgIpc) is 2.52. The molecular formula is C19H19NO3S. The lowest BCUT2D eigenvalue weighted by atomic mass is 9.95. The first-order chi connectivity index (χ1) is 11.5. The number of thioether (sulfide) groups is 1. The quantitative estimate of drug-likeness (QED) is 0.310. The Kier molecular flexibility index (Phi) is 4.62. The summed E-state index contributed by atoms with van der Waals surface area (Å²) >= 11 is 1.41. The van der Waals surface area contributed by atoms with Gasteiger partial charge in [-0.3, -0.25) is 0 Å². The first kappa shape index (κ1) is 16.6. The van der Waals surface area contributed by atoms with Crippen LogP contribution in [0.3, 0.4) is 0 Å². The molecule has 0 aliphatic carbocycles. The molecule has 2 heterocycles. The van der Waals surface area contributed by atoms with E-state index in [1.54, 1.807) is 12.1 Å². The van der Waals surface area contributed by atoms with Crippen LogP contribution in [0.2, 0.25) is 0 Å². The van der Waals surface area contributed by atoms with Gasteiger partial charge < -0.3 is 9.62 Å². The number of hydrogen-bond acceptors (Lipinski definition) is 4. The third-order valence-electron chi connectivity index (χ3n) is 4.00. The molecule has 0 amide bonds. The molecule has 0 atom stereocenters. The van der Waals surface area contributed by atoms with Gasteiger partial charge in [0.05, 0.1) is 0 Å². The van der Waals surface area contributed by atoms with Gasteiger partial charge in [-0.2, -0.15) is 4.73 Å². The Morgan fingerprint density at radius 3 is 2.75 bits per heavy atom. The predicted octanol–water partition coefficient (Wildman–Crippen LogP) is 4.15. The highest BCUT2D eigenvalue weighted by Crippen LogP contribution is 2.29. The molecule has 0 aliphatic rings. The van der Waals surface area contributed by atoms with E-state index in [1.165, 1.54) is 29.6 Å². The Morgan fingerprint density at radius 2 is 2.04 bits per heavy atom. The van der Waals surface area contributed by atoms with E-state index in [1.807, 2.05) is 19.1 Å². The first-order valence-electron chi connectivity index (χ1n) is 7.84. The second-order valence-corrected chi connectivity index (χ2v) is 7.10. The SMILES string of the molecule is Cc1cc2oc(=O)cc(CSc3cccc[n+]3[O-])c2cc1C(C)C. The molecule has 4 nitrogen and oxygen atoms in total. The molecule has 0 aliphatic heterocycles. The average molecular weight is 341 g/mol. The van der Waals surface area contributed by atoms with E-state index in [2.05, 4.69) is 19.9 Å². The van der Waals surface area contributed by atoms with Gasteiger partial charge in [0.15, 0.2) is 6.20 Å². The molecule has 0 spiro atoms. The summed E-state index contributed by atoms with van der Waals surface area (Å²) < 4.78 is 6.20. The van der Waals surface area contributed by atoms with Crippen molar-refractivity contribution in [2.24, 2.45) is 0 Å². The van der Waals surface area contributed by atoms with E-state index in [0.717, 1.165) is 21.2 Å². The van der Waals surface area contributed by atoms with Gasteiger partial charge in [0, 0.05) is 29.3 Å². The molecular weight excluding hydrogens is 322 g/mol. The van der Waals surface area contributed by atoms with Gasteiger partial charge in [-0.15, -0.1) is 0 Å². The number of aromatic nitrogens is 1. The van der Waals surface area contributed by atoms with Crippen LogP contribution in [0.15, 0.2) is 56.8 Å². The van der Waals surface area contributed by atoms with Crippen molar-refractivity contribution in [3.8, 4) is 0 Å². The monoisotopic (exact) mass is 341 g/mol.